The van der Waals surface area contributed by atoms with E-state index in [4.69, 9.17) is 5.41 Å². The quantitative estimate of drug-likeness (QED) is 0.407. The smallest absolute Gasteiger partial charge is 0.300 e. The van der Waals surface area contributed by atoms with E-state index in [1.54, 1.807) is 11.8 Å². The lowest BCUT2D eigenvalue weighted by atomic mass is 9.93. The molecule has 2 aliphatic rings. The van der Waals surface area contributed by atoms with Gasteiger partial charge in [-0.05, 0) is 68.3 Å². The monoisotopic (exact) mass is 424 g/mol. The van der Waals surface area contributed by atoms with Gasteiger partial charge in [-0.2, -0.15) is 5.10 Å². The van der Waals surface area contributed by atoms with E-state index in [1.807, 2.05) is 26.0 Å². The number of nitrogens with one attached hydrogen (secondary N) is 2. The third-order valence-corrected chi connectivity index (χ3v) is 7.01. The Morgan fingerprint density at radius 2 is 2.00 bits per heavy atom. The Morgan fingerprint density at radius 1 is 1.24 bits per heavy atom. The molecule has 0 unspecified atom stereocenters. The first-order valence-electron chi connectivity index (χ1n) is 9.60. The van der Waals surface area contributed by atoms with Crippen LogP contribution < -0.4 is 10.3 Å². The lowest BCUT2D eigenvalue weighted by Crippen LogP contribution is -2.39. The molecule has 0 aromatic heterocycles. The summed E-state index contributed by atoms with van der Waals surface area (Å²) in [5, 5.41) is 13.0. The third-order valence-electron chi connectivity index (χ3n) is 5.28. The fourth-order valence-corrected chi connectivity index (χ4v) is 5.06. The Balaban J connectivity index is 1.65. The zero-order chi connectivity index (χ0) is 20.6. The van der Waals surface area contributed by atoms with E-state index >= 15 is 0 Å². The summed E-state index contributed by atoms with van der Waals surface area (Å²) in [6, 6.07) is 14.5. The number of carbonyl (C=O) groups is 1. The van der Waals surface area contributed by atoms with Crippen LogP contribution in [0.25, 0.3) is 0 Å². The normalized spacial score (nSPS) is 18.0. The number of anilines is 1. The van der Waals surface area contributed by atoms with Gasteiger partial charge in [-0.3, -0.25) is 10.2 Å². The molecule has 7 heteroatoms. The zero-order valence-corrected chi connectivity index (χ0v) is 18.4. The summed E-state index contributed by atoms with van der Waals surface area (Å²) in [6.07, 6.45) is 4.04. The fraction of sp³-hybridized carbons (Fsp3) is 0.318. The number of aryl methyl sites for hydroxylation is 1. The van der Waals surface area contributed by atoms with Crippen molar-refractivity contribution < 1.29 is 4.79 Å². The standard InChI is InChI=1S/C22H24N4OS2/c1-22(2)19(24-25-21(27)29-22)16-8-11-18-15(13-16)5-4-12-26(18)20(23)14-6-9-17(28-3)10-7-14/h6-11,13,23H,4-5,12H2,1-3H3,(H,25,27). The minimum atomic E-state index is -0.378. The molecular weight excluding hydrogens is 400 g/mol. The molecule has 29 heavy (non-hydrogen) atoms. The number of benzene rings is 2. The van der Waals surface area contributed by atoms with Crippen molar-refractivity contribution in [1.82, 2.24) is 5.43 Å². The van der Waals surface area contributed by atoms with Crippen molar-refractivity contribution in [3.63, 3.8) is 0 Å². The summed E-state index contributed by atoms with van der Waals surface area (Å²) < 4.78 is -0.378. The van der Waals surface area contributed by atoms with E-state index in [0.29, 0.717) is 5.84 Å². The number of amidine groups is 1. The third kappa shape index (κ3) is 3.94. The van der Waals surface area contributed by atoms with Crippen LogP contribution in [0, 0.1) is 5.41 Å². The van der Waals surface area contributed by atoms with Crippen molar-refractivity contribution in [1.29, 1.82) is 5.41 Å². The van der Waals surface area contributed by atoms with Crippen molar-refractivity contribution in [3.8, 4) is 0 Å². The number of hydrogen-bond donors (Lipinski definition) is 2. The lowest BCUT2D eigenvalue weighted by Gasteiger charge is -2.33. The van der Waals surface area contributed by atoms with Crippen LogP contribution in [0.3, 0.4) is 0 Å². The van der Waals surface area contributed by atoms with Crippen LogP contribution in [0.15, 0.2) is 52.5 Å². The number of hydrazone groups is 1. The highest BCUT2D eigenvalue weighted by Crippen LogP contribution is 2.35. The number of nitrogens with zero attached hydrogens (tertiary/aromatic N) is 2. The number of thioether (sulfide) groups is 2. The molecule has 0 fully saturated rings. The molecule has 0 bridgehead atoms. The Hall–Kier alpha value is -2.25. The Bertz CT molecular complexity index is 998. The largest absolute Gasteiger partial charge is 0.326 e. The van der Waals surface area contributed by atoms with Crippen LogP contribution in [0.4, 0.5) is 10.5 Å². The van der Waals surface area contributed by atoms with Crippen LogP contribution in [-0.2, 0) is 6.42 Å². The number of hydrogen-bond acceptors (Lipinski definition) is 5. The van der Waals surface area contributed by atoms with Gasteiger partial charge < -0.3 is 4.90 Å². The van der Waals surface area contributed by atoms with E-state index in [1.165, 1.54) is 22.2 Å². The molecule has 0 radical (unpaired) electrons. The van der Waals surface area contributed by atoms with Crippen LogP contribution >= 0.6 is 23.5 Å². The van der Waals surface area contributed by atoms with Crippen molar-refractivity contribution >= 4 is 46.0 Å². The molecule has 4 rings (SSSR count). The van der Waals surface area contributed by atoms with Gasteiger partial charge in [0.25, 0.3) is 5.24 Å². The molecule has 5 nitrogen and oxygen atoms in total. The van der Waals surface area contributed by atoms with Gasteiger partial charge in [-0.25, -0.2) is 5.43 Å². The van der Waals surface area contributed by atoms with Gasteiger partial charge in [0, 0.05) is 22.7 Å². The molecule has 2 aromatic rings. The summed E-state index contributed by atoms with van der Waals surface area (Å²) in [5.74, 6) is 0.532. The molecule has 150 valence electrons. The predicted octanol–water partition coefficient (Wildman–Crippen LogP) is 5.13. The molecule has 2 aliphatic heterocycles. The predicted molar refractivity (Wildman–Crippen MR) is 124 cm³/mol. The maximum atomic E-state index is 11.7. The van der Waals surface area contributed by atoms with Gasteiger partial charge in [0.15, 0.2) is 0 Å². The van der Waals surface area contributed by atoms with Crippen molar-refractivity contribution in [2.75, 3.05) is 17.7 Å². The van der Waals surface area contributed by atoms with Crippen LogP contribution in [-0.4, -0.2) is 34.3 Å². The SMILES string of the molecule is CSc1ccc(C(=N)N2CCCc3cc(C4=NNC(=O)SC4(C)C)ccc32)cc1. The van der Waals surface area contributed by atoms with Crippen LogP contribution in [0.1, 0.15) is 37.0 Å². The summed E-state index contributed by atoms with van der Waals surface area (Å²) in [6.45, 7) is 4.89. The first-order chi connectivity index (χ1) is 13.9. The average molecular weight is 425 g/mol. The van der Waals surface area contributed by atoms with Crippen LogP contribution in [0.2, 0.25) is 0 Å². The van der Waals surface area contributed by atoms with E-state index in [2.05, 4.69) is 52.0 Å². The highest BCUT2D eigenvalue weighted by Gasteiger charge is 2.34. The average Bonchev–Trinajstić information content (AvgIpc) is 2.71. The Labute approximate surface area is 179 Å². The maximum absolute atomic E-state index is 11.7. The number of carbonyl (C=O) groups excluding carboxylic acids is 1. The molecule has 2 heterocycles. The molecular formula is C22H24N4OS2. The topological polar surface area (TPSA) is 68.6 Å². The van der Waals surface area contributed by atoms with Crippen molar-refractivity contribution in [2.45, 2.75) is 36.3 Å². The van der Waals surface area contributed by atoms with Gasteiger partial charge in [0.1, 0.15) is 5.84 Å². The van der Waals surface area contributed by atoms with Gasteiger partial charge in [0.05, 0.1) is 10.5 Å². The van der Waals surface area contributed by atoms with Gasteiger partial charge in [-0.1, -0.05) is 30.0 Å². The highest BCUT2D eigenvalue weighted by molar-refractivity contribution is 8.15. The van der Waals surface area contributed by atoms with E-state index in [0.717, 1.165) is 41.9 Å². The highest BCUT2D eigenvalue weighted by atomic mass is 32.2. The van der Waals surface area contributed by atoms with Gasteiger partial charge in [-0.15, -0.1) is 11.8 Å². The summed E-state index contributed by atoms with van der Waals surface area (Å²) in [7, 11) is 0. The molecule has 0 saturated heterocycles. The minimum absolute atomic E-state index is 0.121. The number of rotatable bonds is 3. The fourth-order valence-electron chi connectivity index (χ4n) is 3.83. The van der Waals surface area contributed by atoms with Crippen LogP contribution in [0.5, 0.6) is 0 Å². The van der Waals surface area contributed by atoms with Gasteiger partial charge in [0.2, 0.25) is 0 Å². The summed E-state index contributed by atoms with van der Waals surface area (Å²) in [5.41, 5.74) is 7.73. The molecule has 0 atom stereocenters. The first-order valence-corrected chi connectivity index (χ1v) is 11.6. The second kappa shape index (κ2) is 7.88. The second-order valence-electron chi connectivity index (χ2n) is 7.65. The van der Waals surface area contributed by atoms with Crippen molar-refractivity contribution in [3.05, 3.63) is 59.2 Å². The lowest BCUT2D eigenvalue weighted by molar-refractivity contribution is 0.260. The zero-order valence-electron chi connectivity index (χ0n) is 16.8. The van der Waals surface area contributed by atoms with Gasteiger partial charge >= 0.3 is 0 Å². The molecule has 0 aliphatic carbocycles. The van der Waals surface area contributed by atoms with E-state index in [9.17, 15) is 4.79 Å². The number of amides is 1. The Kier molecular flexibility index (Phi) is 5.44. The second-order valence-corrected chi connectivity index (χ2v) is 10.1. The molecule has 2 N–H and O–H groups in total. The van der Waals surface area contributed by atoms with E-state index < -0.39 is 0 Å². The van der Waals surface area contributed by atoms with Crippen molar-refractivity contribution in [2.24, 2.45) is 5.10 Å². The summed E-state index contributed by atoms with van der Waals surface area (Å²) >= 11 is 2.97. The molecule has 0 spiro atoms. The summed E-state index contributed by atoms with van der Waals surface area (Å²) in [4.78, 5) is 15.0. The minimum Gasteiger partial charge on any atom is -0.326 e. The number of fused-ring (bicyclic) bond motifs is 1. The molecule has 0 saturated carbocycles. The van der Waals surface area contributed by atoms with E-state index in [-0.39, 0.29) is 9.99 Å². The Morgan fingerprint density at radius 3 is 2.69 bits per heavy atom. The maximum Gasteiger partial charge on any atom is 0.300 e. The molecule has 2 aromatic carbocycles. The molecule has 1 amide bonds. The first kappa shape index (κ1) is 20.0.